The number of allylic oxidation sites excluding steroid dienone is 1. The van der Waals surface area contributed by atoms with Crippen molar-refractivity contribution in [2.75, 3.05) is 18.1 Å². The van der Waals surface area contributed by atoms with Crippen LogP contribution in [0.4, 0.5) is 15.8 Å². The highest BCUT2D eigenvalue weighted by Crippen LogP contribution is 2.41. The van der Waals surface area contributed by atoms with Crippen molar-refractivity contribution < 1.29 is 28.7 Å². The molecule has 3 aromatic carbocycles. The Labute approximate surface area is 266 Å². The Balaban J connectivity index is 1.40. The van der Waals surface area contributed by atoms with E-state index in [1.807, 2.05) is 6.20 Å². The quantitative estimate of drug-likeness (QED) is 0.214. The summed E-state index contributed by atoms with van der Waals surface area (Å²) in [5, 5.41) is 25.1. The van der Waals surface area contributed by atoms with Gasteiger partial charge in [0.05, 0.1) is 17.6 Å². The fourth-order valence-electron chi connectivity index (χ4n) is 6.64. The molecule has 10 nitrogen and oxygen atoms in total. The lowest BCUT2D eigenvalue weighted by Gasteiger charge is -2.42. The van der Waals surface area contributed by atoms with Crippen LogP contribution in [-0.4, -0.2) is 52.0 Å². The first kappa shape index (κ1) is 31.2. The van der Waals surface area contributed by atoms with E-state index in [-0.39, 0.29) is 53.6 Å². The van der Waals surface area contributed by atoms with Crippen molar-refractivity contribution in [2.24, 2.45) is 5.92 Å². The van der Waals surface area contributed by atoms with Crippen LogP contribution in [-0.2, 0) is 22.5 Å². The summed E-state index contributed by atoms with van der Waals surface area (Å²) in [6, 6.07) is 16.0. The third-order valence-corrected chi connectivity index (χ3v) is 9.09. The van der Waals surface area contributed by atoms with Crippen LogP contribution in [0.3, 0.4) is 0 Å². The molecule has 46 heavy (non-hydrogen) atoms. The smallest absolute Gasteiger partial charge is 0.293 e. The molecule has 0 aromatic heterocycles. The monoisotopic (exact) mass is 628 g/mol. The zero-order valence-corrected chi connectivity index (χ0v) is 25.4. The molecule has 3 aromatic rings. The van der Waals surface area contributed by atoms with Gasteiger partial charge in [0.1, 0.15) is 23.3 Å². The number of carbonyl (C=O) groups is 2. The number of aromatic hydroxyl groups is 1. The standard InChI is InChI=1S/C35H37FN4O6/c36-27-12-7-23(8-13-27)18-32-35(43)39(21-24-9-14-28(41)15-10-24)33(25-4-1-2-5-25)22-38(32)30-16-11-26(19-31(30)40(44)45)34(42)37-20-29-6-3-17-46-29/h7-16,19,22,25,29,32,41H,1-6,17-18,20-21H2,(H,37,42)/t29?,32-/m0/s1. The van der Waals surface area contributed by atoms with Gasteiger partial charge < -0.3 is 25.0 Å². The molecule has 1 saturated heterocycles. The van der Waals surface area contributed by atoms with Crippen molar-refractivity contribution in [3.8, 4) is 5.75 Å². The van der Waals surface area contributed by atoms with Crippen LogP contribution in [0.1, 0.15) is 60.0 Å². The van der Waals surface area contributed by atoms with Crippen molar-refractivity contribution >= 4 is 23.2 Å². The number of nitrogens with zero attached hydrogens (tertiary/aromatic N) is 3. The number of carbonyl (C=O) groups excluding carboxylic acids is 2. The zero-order valence-electron chi connectivity index (χ0n) is 25.4. The van der Waals surface area contributed by atoms with Crippen LogP contribution in [0.15, 0.2) is 78.6 Å². The molecule has 2 N–H and O–H groups in total. The highest BCUT2D eigenvalue weighted by molar-refractivity contribution is 5.96. The summed E-state index contributed by atoms with van der Waals surface area (Å²) in [7, 11) is 0. The van der Waals surface area contributed by atoms with E-state index < -0.39 is 22.7 Å². The zero-order chi connectivity index (χ0) is 32.2. The van der Waals surface area contributed by atoms with E-state index >= 15 is 0 Å². The molecule has 1 unspecified atom stereocenters. The third kappa shape index (κ3) is 6.89. The number of hydrogen-bond acceptors (Lipinski definition) is 7. The van der Waals surface area contributed by atoms with E-state index in [2.05, 4.69) is 5.32 Å². The largest absolute Gasteiger partial charge is 0.508 e. The molecular weight excluding hydrogens is 591 g/mol. The molecule has 2 aliphatic heterocycles. The number of amides is 2. The number of hydrogen-bond donors (Lipinski definition) is 2. The van der Waals surface area contributed by atoms with Crippen LogP contribution in [0.2, 0.25) is 0 Å². The first-order valence-corrected chi connectivity index (χ1v) is 15.8. The third-order valence-electron chi connectivity index (χ3n) is 9.09. The summed E-state index contributed by atoms with van der Waals surface area (Å²) in [6.07, 6.45) is 7.51. The topological polar surface area (TPSA) is 125 Å². The van der Waals surface area contributed by atoms with E-state index in [4.69, 9.17) is 4.74 Å². The average Bonchev–Trinajstić information content (AvgIpc) is 3.79. The highest BCUT2D eigenvalue weighted by atomic mass is 19.1. The number of benzene rings is 3. The number of nitrogens with one attached hydrogen (secondary N) is 1. The maximum Gasteiger partial charge on any atom is 0.293 e. The summed E-state index contributed by atoms with van der Waals surface area (Å²) in [5.41, 5.74) is 2.34. The first-order valence-electron chi connectivity index (χ1n) is 15.8. The maximum absolute atomic E-state index is 14.6. The number of nitro benzene ring substituents is 1. The lowest BCUT2D eigenvalue weighted by Crippen LogP contribution is -2.53. The van der Waals surface area contributed by atoms with Gasteiger partial charge in [0.25, 0.3) is 17.5 Å². The Morgan fingerprint density at radius 1 is 1.00 bits per heavy atom. The average molecular weight is 629 g/mol. The van der Waals surface area contributed by atoms with Gasteiger partial charge in [0.2, 0.25) is 0 Å². The molecule has 2 atom stereocenters. The van der Waals surface area contributed by atoms with E-state index in [1.165, 1.54) is 24.3 Å². The summed E-state index contributed by atoms with van der Waals surface area (Å²) in [4.78, 5) is 43.0. The van der Waals surface area contributed by atoms with Crippen molar-refractivity contribution in [3.05, 3.63) is 111 Å². The van der Waals surface area contributed by atoms with Gasteiger partial charge in [-0.05, 0) is 73.2 Å². The van der Waals surface area contributed by atoms with Gasteiger partial charge in [-0.2, -0.15) is 0 Å². The lowest BCUT2D eigenvalue weighted by molar-refractivity contribution is -0.384. The minimum absolute atomic E-state index is 0.0755. The summed E-state index contributed by atoms with van der Waals surface area (Å²) in [5.74, 6) is -0.884. The van der Waals surface area contributed by atoms with Crippen molar-refractivity contribution in [3.63, 3.8) is 0 Å². The molecular formula is C35H37FN4O6. The second kappa shape index (κ2) is 13.7. The Hall–Kier alpha value is -4.77. The van der Waals surface area contributed by atoms with Crippen LogP contribution in [0.5, 0.6) is 5.75 Å². The Morgan fingerprint density at radius 3 is 2.39 bits per heavy atom. The van der Waals surface area contributed by atoms with E-state index in [9.17, 15) is 29.2 Å². The number of phenolic OH excluding ortho intramolecular Hbond substituents is 1. The molecule has 240 valence electrons. The van der Waals surface area contributed by atoms with Gasteiger partial charge in [0, 0.05) is 49.0 Å². The fourth-order valence-corrected chi connectivity index (χ4v) is 6.64. The SMILES string of the molecule is O=C(NCC1CCCO1)c1ccc(N2C=C(C3CCCC3)N(Cc3ccc(O)cc3)C(=O)[C@@H]2Cc2ccc(F)cc2)c([N+](=O)[O-])c1. The van der Waals surface area contributed by atoms with Crippen molar-refractivity contribution in [1.29, 1.82) is 0 Å². The van der Waals surface area contributed by atoms with Gasteiger partial charge in [-0.15, -0.1) is 0 Å². The van der Waals surface area contributed by atoms with Crippen LogP contribution < -0.4 is 10.2 Å². The maximum atomic E-state index is 14.6. The van der Waals surface area contributed by atoms with Crippen LogP contribution in [0.25, 0.3) is 0 Å². The molecule has 6 rings (SSSR count). The first-order chi connectivity index (χ1) is 22.3. The predicted octanol–water partition coefficient (Wildman–Crippen LogP) is 5.84. The molecule has 11 heteroatoms. The van der Waals surface area contributed by atoms with Gasteiger partial charge in [-0.25, -0.2) is 4.39 Å². The fraction of sp³-hybridized carbons (Fsp3) is 0.371. The van der Waals surface area contributed by atoms with Gasteiger partial charge in [0.15, 0.2) is 0 Å². The molecule has 1 aliphatic carbocycles. The molecule has 1 saturated carbocycles. The molecule has 2 amide bonds. The number of ether oxygens (including phenoxy) is 1. The van der Waals surface area contributed by atoms with E-state index in [1.54, 1.807) is 52.3 Å². The van der Waals surface area contributed by atoms with Crippen LogP contribution >= 0.6 is 0 Å². The summed E-state index contributed by atoms with van der Waals surface area (Å²) < 4.78 is 19.4. The Kier molecular flexibility index (Phi) is 9.30. The van der Waals surface area contributed by atoms with E-state index in [0.717, 1.165) is 49.8 Å². The number of phenols is 1. The molecule has 3 aliphatic rings. The Morgan fingerprint density at radius 2 is 1.72 bits per heavy atom. The molecule has 2 heterocycles. The van der Waals surface area contributed by atoms with Crippen molar-refractivity contribution in [2.45, 2.75) is 63.6 Å². The summed E-state index contributed by atoms with van der Waals surface area (Å²) >= 11 is 0. The van der Waals surface area contributed by atoms with Crippen LogP contribution in [0, 0.1) is 21.8 Å². The second-order valence-electron chi connectivity index (χ2n) is 12.2. The minimum atomic E-state index is -0.884. The van der Waals surface area contributed by atoms with Crippen molar-refractivity contribution in [1.82, 2.24) is 10.2 Å². The number of rotatable bonds is 10. The molecule has 0 bridgehead atoms. The molecule has 0 spiro atoms. The lowest BCUT2D eigenvalue weighted by atomic mass is 9.95. The van der Waals surface area contributed by atoms with Gasteiger partial charge >= 0.3 is 0 Å². The number of nitro groups is 1. The highest BCUT2D eigenvalue weighted by Gasteiger charge is 2.41. The number of halogens is 1. The molecule has 2 fully saturated rings. The van der Waals surface area contributed by atoms with Gasteiger partial charge in [-0.1, -0.05) is 37.1 Å². The normalized spacial score (nSPS) is 20.2. The Bertz CT molecular complexity index is 1610. The minimum Gasteiger partial charge on any atom is -0.508 e. The predicted molar refractivity (Wildman–Crippen MR) is 169 cm³/mol. The van der Waals surface area contributed by atoms with Gasteiger partial charge in [-0.3, -0.25) is 19.7 Å². The second-order valence-corrected chi connectivity index (χ2v) is 12.2. The molecule has 0 radical (unpaired) electrons. The number of anilines is 1. The summed E-state index contributed by atoms with van der Waals surface area (Å²) in [6.45, 7) is 1.23. The van der Waals surface area contributed by atoms with E-state index in [0.29, 0.717) is 18.7 Å².